The number of benzene rings is 1. The van der Waals surface area contributed by atoms with Crippen LogP contribution < -0.4 is 14.4 Å². The Morgan fingerprint density at radius 1 is 1.07 bits per heavy atom. The molecule has 2 heterocycles. The van der Waals surface area contributed by atoms with Gasteiger partial charge in [0.2, 0.25) is 0 Å². The number of carbonyl (C=O) groups is 1. The molecule has 1 aliphatic heterocycles. The van der Waals surface area contributed by atoms with Crippen LogP contribution in [-0.4, -0.2) is 54.6 Å². The van der Waals surface area contributed by atoms with Gasteiger partial charge >= 0.3 is 0 Å². The molecule has 7 heteroatoms. The minimum absolute atomic E-state index is 0.103. The Hall–Kier alpha value is -2.83. The topological polar surface area (TPSA) is 67.8 Å². The summed E-state index contributed by atoms with van der Waals surface area (Å²) in [4.78, 5) is 25.5. The van der Waals surface area contributed by atoms with E-state index in [2.05, 4.69) is 28.7 Å². The van der Waals surface area contributed by atoms with Crippen LogP contribution in [0.4, 0.5) is 5.82 Å². The van der Waals surface area contributed by atoms with Crippen molar-refractivity contribution >= 4 is 11.7 Å². The number of aromatic nitrogens is 2. The number of hydrogen-bond donors (Lipinski definition) is 0. The Balaban J connectivity index is 1.77. The number of rotatable bonds is 6. The molecule has 0 aliphatic carbocycles. The zero-order valence-corrected chi connectivity index (χ0v) is 16.4. The molecule has 0 bridgehead atoms. The van der Waals surface area contributed by atoms with Gasteiger partial charge in [-0.15, -0.1) is 0 Å². The van der Waals surface area contributed by atoms with E-state index in [1.807, 2.05) is 12.1 Å². The number of amides is 1. The summed E-state index contributed by atoms with van der Waals surface area (Å²) >= 11 is 0. The summed E-state index contributed by atoms with van der Waals surface area (Å²) in [5.74, 6) is 2.08. The Morgan fingerprint density at radius 3 is 2.30 bits per heavy atom. The number of ether oxygens (including phenoxy) is 2. The lowest BCUT2D eigenvalue weighted by Crippen LogP contribution is -2.36. The molecule has 0 spiro atoms. The van der Waals surface area contributed by atoms with Crippen molar-refractivity contribution in [2.45, 2.75) is 26.8 Å². The van der Waals surface area contributed by atoms with Gasteiger partial charge in [-0.05, 0) is 43.5 Å². The van der Waals surface area contributed by atoms with E-state index in [1.165, 1.54) is 5.56 Å². The Labute approximate surface area is 159 Å². The van der Waals surface area contributed by atoms with Gasteiger partial charge in [-0.1, -0.05) is 0 Å². The van der Waals surface area contributed by atoms with Gasteiger partial charge in [0.15, 0.2) is 11.5 Å². The maximum absolute atomic E-state index is 12.9. The monoisotopic (exact) mass is 370 g/mol. The van der Waals surface area contributed by atoms with Crippen molar-refractivity contribution in [2.75, 3.05) is 38.8 Å². The van der Waals surface area contributed by atoms with Gasteiger partial charge in [-0.2, -0.15) is 0 Å². The Morgan fingerprint density at radius 2 is 1.74 bits per heavy atom. The maximum atomic E-state index is 12.9. The maximum Gasteiger partial charge on any atom is 0.274 e. The van der Waals surface area contributed by atoms with Crippen molar-refractivity contribution in [3.8, 4) is 11.5 Å². The molecule has 0 unspecified atom stereocenters. The fourth-order valence-corrected chi connectivity index (χ4v) is 3.36. The van der Waals surface area contributed by atoms with Crippen molar-refractivity contribution < 1.29 is 14.3 Å². The second-order valence-corrected chi connectivity index (χ2v) is 6.38. The number of hydrogen-bond acceptors (Lipinski definition) is 6. The molecular weight excluding hydrogens is 344 g/mol. The molecule has 1 aliphatic rings. The molecule has 1 amide bonds. The van der Waals surface area contributed by atoms with E-state index >= 15 is 0 Å². The van der Waals surface area contributed by atoms with E-state index in [1.54, 1.807) is 31.5 Å². The van der Waals surface area contributed by atoms with Crippen LogP contribution in [0.2, 0.25) is 0 Å². The first kappa shape index (κ1) is 18.9. The lowest BCUT2D eigenvalue weighted by Gasteiger charge is -2.29. The van der Waals surface area contributed by atoms with E-state index in [-0.39, 0.29) is 5.91 Å². The quantitative estimate of drug-likeness (QED) is 0.778. The van der Waals surface area contributed by atoms with Gasteiger partial charge in [0.1, 0.15) is 11.5 Å². The first-order valence-corrected chi connectivity index (χ1v) is 9.21. The summed E-state index contributed by atoms with van der Waals surface area (Å²) in [7, 11) is 3.24. The third kappa shape index (κ3) is 3.82. The number of carbonyl (C=O) groups excluding carboxylic acids is 1. The van der Waals surface area contributed by atoms with Crippen molar-refractivity contribution in [1.29, 1.82) is 0 Å². The first-order chi connectivity index (χ1) is 13.1. The van der Waals surface area contributed by atoms with Crippen molar-refractivity contribution in [2.24, 2.45) is 0 Å². The molecule has 0 radical (unpaired) electrons. The van der Waals surface area contributed by atoms with Gasteiger partial charge in [0, 0.05) is 26.2 Å². The van der Waals surface area contributed by atoms with Gasteiger partial charge in [0.25, 0.3) is 5.91 Å². The van der Waals surface area contributed by atoms with E-state index in [9.17, 15) is 4.79 Å². The highest BCUT2D eigenvalue weighted by Crippen LogP contribution is 2.33. The second kappa shape index (κ2) is 8.24. The molecule has 144 valence electrons. The third-order valence-corrected chi connectivity index (χ3v) is 4.95. The molecule has 2 aromatic rings. The van der Waals surface area contributed by atoms with Crippen LogP contribution in [0.15, 0.2) is 24.5 Å². The smallest absolute Gasteiger partial charge is 0.274 e. The second-order valence-electron chi connectivity index (χ2n) is 6.38. The highest BCUT2D eigenvalue weighted by molar-refractivity contribution is 5.92. The Kier molecular flexibility index (Phi) is 5.78. The Bertz CT molecular complexity index is 804. The number of methoxy groups -OCH3 is 2. The van der Waals surface area contributed by atoms with Crippen molar-refractivity contribution in [3.05, 3.63) is 41.3 Å². The van der Waals surface area contributed by atoms with Gasteiger partial charge in [0.05, 0.1) is 26.6 Å². The zero-order valence-electron chi connectivity index (χ0n) is 16.4. The predicted molar refractivity (Wildman–Crippen MR) is 104 cm³/mol. The normalized spacial score (nSPS) is 13.1. The lowest BCUT2D eigenvalue weighted by molar-refractivity contribution is 0.0728. The van der Waals surface area contributed by atoms with Gasteiger partial charge in [-0.3, -0.25) is 4.79 Å². The SMILES string of the molecule is CCN(CC)c1cnc(C(=O)N2CCc3cc(OC)c(OC)cc3C2)cn1. The third-order valence-electron chi connectivity index (χ3n) is 4.95. The molecule has 0 saturated heterocycles. The molecule has 0 N–H and O–H groups in total. The predicted octanol–water partition coefficient (Wildman–Crippen LogP) is 2.54. The largest absolute Gasteiger partial charge is 0.493 e. The zero-order chi connectivity index (χ0) is 19.4. The highest BCUT2D eigenvalue weighted by atomic mass is 16.5. The van der Waals surface area contributed by atoms with Crippen LogP contribution in [0.25, 0.3) is 0 Å². The molecular formula is C20H26N4O3. The van der Waals surface area contributed by atoms with Gasteiger partial charge < -0.3 is 19.3 Å². The van der Waals surface area contributed by atoms with Crippen LogP contribution in [0, 0.1) is 0 Å². The average molecular weight is 370 g/mol. The van der Waals surface area contributed by atoms with E-state index in [4.69, 9.17) is 9.47 Å². The van der Waals surface area contributed by atoms with Gasteiger partial charge in [-0.25, -0.2) is 9.97 Å². The molecule has 1 aromatic carbocycles. The fourth-order valence-electron chi connectivity index (χ4n) is 3.36. The highest BCUT2D eigenvalue weighted by Gasteiger charge is 2.24. The molecule has 7 nitrogen and oxygen atoms in total. The molecule has 27 heavy (non-hydrogen) atoms. The fraction of sp³-hybridized carbons (Fsp3) is 0.450. The van der Waals surface area contributed by atoms with Crippen LogP contribution in [0.1, 0.15) is 35.5 Å². The summed E-state index contributed by atoms with van der Waals surface area (Å²) in [5.41, 5.74) is 2.62. The summed E-state index contributed by atoms with van der Waals surface area (Å²) in [5, 5.41) is 0. The van der Waals surface area contributed by atoms with Crippen molar-refractivity contribution in [1.82, 2.24) is 14.9 Å². The van der Waals surface area contributed by atoms with Crippen LogP contribution >= 0.6 is 0 Å². The standard InChI is InChI=1S/C20H26N4O3/c1-5-23(6-2)19-12-21-16(11-22-19)20(25)24-8-7-14-9-17(26-3)18(27-4)10-15(14)13-24/h9-12H,5-8,13H2,1-4H3. The average Bonchev–Trinajstić information content (AvgIpc) is 2.73. The van der Waals surface area contributed by atoms with E-state index < -0.39 is 0 Å². The van der Waals surface area contributed by atoms with E-state index in [0.717, 1.165) is 30.9 Å². The summed E-state index contributed by atoms with van der Waals surface area (Å²) in [6.07, 6.45) is 4.01. The minimum atomic E-state index is -0.103. The molecule has 1 aromatic heterocycles. The molecule has 0 fully saturated rings. The molecule has 3 rings (SSSR count). The van der Waals surface area contributed by atoms with Crippen LogP contribution in [-0.2, 0) is 13.0 Å². The van der Waals surface area contributed by atoms with Crippen molar-refractivity contribution in [3.63, 3.8) is 0 Å². The van der Waals surface area contributed by atoms with Crippen LogP contribution in [0.5, 0.6) is 11.5 Å². The van der Waals surface area contributed by atoms with E-state index in [0.29, 0.717) is 30.3 Å². The van der Waals surface area contributed by atoms with Crippen LogP contribution in [0.3, 0.4) is 0 Å². The minimum Gasteiger partial charge on any atom is -0.493 e. The number of anilines is 1. The number of nitrogens with zero attached hydrogens (tertiary/aromatic N) is 4. The summed E-state index contributed by atoms with van der Waals surface area (Å²) < 4.78 is 10.8. The number of fused-ring (bicyclic) bond motifs is 1. The lowest BCUT2D eigenvalue weighted by atomic mass is 9.98. The summed E-state index contributed by atoms with van der Waals surface area (Å²) in [6.45, 7) is 7.01. The summed E-state index contributed by atoms with van der Waals surface area (Å²) in [6, 6.07) is 3.94. The molecule has 0 atom stereocenters. The molecule has 0 saturated carbocycles. The first-order valence-electron chi connectivity index (χ1n) is 9.21.